The zero-order chi connectivity index (χ0) is 18.1. The third-order valence-corrected chi connectivity index (χ3v) is 3.84. The van der Waals surface area contributed by atoms with Crippen molar-refractivity contribution in [3.8, 4) is 5.75 Å². The van der Waals surface area contributed by atoms with Crippen LogP contribution in [0.4, 0.5) is 10.5 Å². The van der Waals surface area contributed by atoms with Crippen LogP contribution in [0.25, 0.3) is 6.08 Å². The lowest BCUT2D eigenvalue weighted by atomic mass is 10.1. The lowest BCUT2D eigenvalue weighted by molar-refractivity contribution is -0.122. The summed E-state index contributed by atoms with van der Waals surface area (Å²) < 4.78 is 10.4. The third kappa shape index (κ3) is 3.14. The number of benzene rings is 1. The first-order chi connectivity index (χ1) is 11.9. The normalized spacial score (nSPS) is 16.4. The average Bonchev–Trinajstić information content (AvgIpc) is 2.96. The second kappa shape index (κ2) is 6.45. The summed E-state index contributed by atoms with van der Waals surface area (Å²) in [5, 5.41) is 2.35. The zero-order valence-electron chi connectivity index (χ0n) is 13.3. The number of hydrogen-bond acceptors (Lipinski definition) is 5. The number of barbiturate groups is 1. The molecule has 1 aromatic heterocycles. The number of aryl methyl sites for hydroxylation is 1. The number of imide groups is 2. The molecule has 0 radical (unpaired) electrons. The van der Waals surface area contributed by atoms with E-state index in [1.54, 1.807) is 19.1 Å². The minimum atomic E-state index is -0.857. The number of carbonyl (C=O) groups is 3. The van der Waals surface area contributed by atoms with Gasteiger partial charge in [0, 0.05) is 0 Å². The number of anilines is 1. The van der Waals surface area contributed by atoms with E-state index in [-0.39, 0.29) is 16.3 Å². The van der Waals surface area contributed by atoms with Gasteiger partial charge in [0.2, 0.25) is 0 Å². The molecule has 1 N–H and O–H groups in total. The Morgan fingerprint density at radius 1 is 1.20 bits per heavy atom. The predicted octanol–water partition coefficient (Wildman–Crippen LogP) is 2.92. The van der Waals surface area contributed by atoms with Crippen molar-refractivity contribution in [2.75, 3.05) is 12.0 Å². The lowest BCUT2D eigenvalue weighted by Crippen LogP contribution is -2.54. The summed E-state index contributed by atoms with van der Waals surface area (Å²) in [5.41, 5.74) is -0.0109. The maximum atomic E-state index is 12.7. The molecule has 1 aliphatic heterocycles. The second-order valence-corrected chi connectivity index (χ2v) is 5.63. The smallest absolute Gasteiger partial charge is 0.335 e. The Bertz CT molecular complexity index is 916. The number of rotatable bonds is 3. The molecule has 4 amide bonds. The van der Waals surface area contributed by atoms with E-state index in [1.807, 2.05) is 0 Å². The summed E-state index contributed by atoms with van der Waals surface area (Å²) in [6.45, 7) is 1.74. The average molecular weight is 361 g/mol. The van der Waals surface area contributed by atoms with E-state index in [0.29, 0.717) is 17.3 Å². The Hall–Kier alpha value is -3.06. The van der Waals surface area contributed by atoms with Crippen LogP contribution in [0.1, 0.15) is 11.5 Å². The van der Waals surface area contributed by atoms with Gasteiger partial charge in [0.05, 0.1) is 17.8 Å². The molecule has 8 heteroatoms. The van der Waals surface area contributed by atoms with Crippen LogP contribution < -0.4 is 15.0 Å². The van der Waals surface area contributed by atoms with Gasteiger partial charge in [-0.25, -0.2) is 9.69 Å². The van der Waals surface area contributed by atoms with Gasteiger partial charge in [-0.1, -0.05) is 11.6 Å². The van der Waals surface area contributed by atoms with E-state index in [9.17, 15) is 14.4 Å². The van der Waals surface area contributed by atoms with Gasteiger partial charge in [0.1, 0.15) is 22.8 Å². The van der Waals surface area contributed by atoms with E-state index in [2.05, 4.69) is 5.32 Å². The highest BCUT2D eigenvalue weighted by molar-refractivity contribution is 6.39. The van der Waals surface area contributed by atoms with Crippen molar-refractivity contribution < 1.29 is 23.5 Å². The minimum absolute atomic E-state index is 0.210. The van der Waals surface area contributed by atoms with E-state index in [4.69, 9.17) is 20.8 Å². The van der Waals surface area contributed by atoms with Gasteiger partial charge >= 0.3 is 6.03 Å². The lowest BCUT2D eigenvalue weighted by Gasteiger charge is -2.26. The van der Waals surface area contributed by atoms with Gasteiger partial charge in [-0.15, -0.1) is 0 Å². The van der Waals surface area contributed by atoms with E-state index in [0.717, 1.165) is 4.90 Å². The molecule has 0 saturated carbocycles. The number of halogens is 1. The summed E-state index contributed by atoms with van der Waals surface area (Å²) in [7, 11) is 1.45. The molecule has 0 spiro atoms. The fourth-order valence-electron chi connectivity index (χ4n) is 2.36. The van der Waals surface area contributed by atoms with E-state index >= 15 is 0 Å². The molecule has 1 aromatic carbocycles. The van der Waals surface area contributed by atoms with Crippen LogP contribution in [0.15, 0.2) is 40.3 Å². The van der Waals surface area contributed by atoms with E-state index < -0.39 is 17.8 Å². The Morgan fingerprint density at radius 3 is 2.56 bits per heavy atom. The van der Waals surface area contributed by atoms with Crippen molar-refractivity contribution in [3.63, 3.8) is 0 Å². The zero-order valence-corrected chi connectivity index (χ0v) is 14.1. The van der Waals surface area contributed by atoms with Gasteiger partial charge < -0.3 is 9.15 Å². The molecule has 0 aliphatic carbocycles. The van der Waals surface area contributed by atoms with Crippen molar-refractivity contribution in [2.45, 2.75) is 6.92 Å². The minimum Gasteiger partial charge on any atom is -0.495 e. The van der Waals surface area contributed by atoms with Crippen LogP contribution in [0.3, 0.4) is 0 Å². The first kappa shape index (κ1) is 16.8. The Kier molecular flexibility index (Phi) is 4.33. The van der Waals surface area contributed by atoms with Crippen molar-refractivity contribution >= 4 is 41.2 Å². The van der Waals surface area contributed by atoms with Crippen molar-refractivity contribution in [1.29, 1.82) is 0 Å². The number of furan rings is 1. The Balaban J connectivity index is 2.01. The van der Waals surface area contributed by atoms with E-state index in [1.165, 1.54) is 31.4 Å². The molecule has 2 heterocycles. The number of nitrogens with one attached hydrogen (secondary N) is 1. The summed E-state index contributed by atoms with van der Waals surface area (Å²) >= 11 is 6.05. The maximum absolute atomic E-state index is 12.7. The number of hydrogen-bond donors (Lipinski definition) is 1. The number of urea groups is 1. The van der Waals surface area contributed by atoms with Crippen LogP contribution in [-0.2, 0) is 9.59 Å². The van der Waals surface area contributed by atoms with Gasteiger partial charge in [0.15, 0.2) is 0 Å². The number of amides is 4. The molecular formula is C17H13ClN2O5. The topological polar surface area (TPSA) is 88.8 Å². The highest BCUT2D eigenvalue weighted by atomic mass is 35.5. The summed E-state index contributed by atoms with van der Waals surface area (Å²) in [6.07, 6.45) is 1.29. The van der Waals surface area contributed by atoms with Crippen LogP contribution in [0, 0.1) is 6.92 Å². The molecule has 1 aliphatic rings. The number of methoxy groups -OCH3 is 1. The standard InChI is InChI=1S/C17H13ClN2O5/c1-9-3-5-11(25-9)8-12-15(21)19-17(23)20(16(12)22)10-4-6-14(24-2)13(18)7-10/h3-8H,1-2H3,(H,19,21,23). The highest BCUT2D eigenvalue weighted by Gasteiger charge is 2.37. The molecule has 128 valence electrons. The highest BCUT2D eigenvalue weighted by Crippen LogP contribution is 2.31. The molecule has 2 aromatic rings. The molecular weight excluding hydrogens is 348 g/mol. The Morgan fingerprint density at radius 2 is 1.96 bits per heavy atom. The van der Waals surface area contributed by atoms with Crippen molar-refractivity contribution in [3.05, 3.63) is 52.4 Å². The summed E-state index contributed by atoms with van der Waals surface area (Å²) in [4.78, 5) is 37.7. The second-order valence-electron chi connectivity index (χ2n) is 5.23. The van der Waals surface area contributed by atoms with Crippen molar-refractivity contribution in [1.82, 2.24) is 5.32 Å². The van der Waals surface area contributed by atoms with Crippen LogP contribution in [-0.4, -0.2) is 25.0 Å². The molecule has 0 atom stereocenters. The summed E-state index contributed by atoms with van der Waals surface area (Å²) in [5.74, 6) is -0.208. The largest absolute Gasteiger partial charge is 0.495 e. The van der Waals surface area contributed by atoms with Crippen LogP contribution in [0.2, 0.25) is 5.02 Å². The quantitative estimate of drug-likeness (QED) is 0.671. The van der Waals surface area contributed by atoms with Crippen LogP contribution in [0.5, 0.6) is 5.75 Å². The fraction of sp³-hybridized carbons (Fsp3) is 0.118. The van der Waals surface area contributed by atoms with Crippen LogP contribution >= 0.6 is 11.6 Å². The predicted molar refractivity (Wildman–Crippen MR) is 90.5 cm³/mol. The molecule has 25 heavy (non-hydrogen) atoms. The number of carbonyl (C=O) groups excluding carboxylic acids is 3. The number of ether oxygens (including phenoxy) is 1. The third-order valence-electron chi connectivity index (χ3n) is 3.54. The molecule has 0 unspecified atom stereocenters. The molecule has 7 nitrogen and oxygen atoms in total. The first-order valence-electron chi connectivity index (χ1n) is 7.22. The van der Waals surface area contributed by atoms with Gasteiger partial charge in [-0.05, 0) is 43.3 Å². The molecule has 1 fully saturated rings. The van der Waals surface area contributed by atoms with Crippen molar-refractivity contribution in [2.24, 2.45) is 0 Å². The monoisotopic (exact) mass is 360 g/mol. The van der Waals surface area contributed by atoms with Gasteiger partial charge in [0.25, 0.3) is 11.8 Å². The van der Waals surface area contributed by atoms with Gasteiger partial charge in [-0.2, -0.15) is 0 Å². The maximum Gasteiger partial charge on any atom is 0.335 e. The SMILES string of the molecule is COc1ccc(N2C(=O)NC(=O)C(=Cc3ccc(C)o3)C2=O)cc1Cl. The Labute approximate surface area is 147 Å². The molecule has 0 bridgehead atoms. The van der Waals surface area contributed by atoms with Gasteiger partial charge in [-0.3, -0.25) is 14.9 Å². The summed E-state index contributed by atoms with van der Waals surface area (Å²) in [6, 6.07) is 6.88. The molecule has 3 rings (SSSR count). The fourth-order valence-corrected chi connectivity index (χ4v) is 2.61. The number of nitrogens with zero attached hydrogens (tertiary/aromatic N) is 1. The molecule has 1 saturated heterocycles. The first-order valence-corrected chi connectivity index (χ1v) is 7.60.